The molecule has 5 atom stereocenters. The molecule has 1 spiro atoms. The fraction of sp³-hybridized carbons (Fsp3) is 0.759. The van der Waals surface area contributed by atoms with Crippen molar-refractivity contribution in [3.63, 3.8) is 0 Å². The number of hydrogen-bond acceptors (Lipinski definition) is 6. The van der Waals surface area contributed by atoms with E-state index < -0.39 is 35.6 Å². The average Bonchev–Trinajstić information content (AvgIpc) is 3.55. The van der Waals surface area contributed by atoms with Crippen molar-refractivity contribution in [1.82, 2.24) is 9.80 Å². The second kappa shape index (κ2) is 12.6. The predicted octanol–water partition coefficient (Wildman–Crippen LogP) is 3.38. The van der Waals surface area contributed by atoms with Crippen molar-refractivity contribution >= 4 is 17.8 Å². The number of allylic oxidation sites excluding steroid dienone is 1. The Kier molecular flexibility index (Phi) is 9.46. The zero-order valence-corrected chi connectivity index (χ0v) is 22.2. The fourth-order valence-corrected chi connectivity index (χ4v) is 7.12. The van der Waals surface area contributed by atoms with Crippen molar-refractivity contribution in [2.24, 2.45) is 11.8 Å². The van der Waals surface area contributed by atoms with Gasteiger partial charge in [-0.3, -0.25) is 14.4 Å². The molecule has 2 bridgehead atoms. The van der Waals surface area contributed by atoms with Crippen LogP contribution in [0, 0.1) is 11.8 Å². The van der Waals surface area contributed by atoms with Gasteiger partial charge in [-0.2, -0.15) is 0 Å². The van der Waals surface area contributed by atoms with E-state index in [9.17, 15) is 19.5 Å². The number of hydrogen-bond donors (Lipinski definition) is 1. The smallest absolute Gasteiger partial charge is 0.312 e. The number of ether oxygens (including phenoxy) is 2. The number of amides is 2. The molecule has 3 aliphatic heterocycles. The summed E-state index contributed by atoms with van der Waals surface area (Å²) in [4.78, 5) is 45.2. The van der Waals surface area contributed by atoms with Crippen LogP contribution in [0.2, 0.25) is 0 Å². The average molecular weight is 517 g/mol. The lowest BCUT2D eigenvalue weighted by Crippen LogP contribution is -2.58. The van der Waals surface area contributed by atoms with Crippen LogP contribution < -0.4 is 0 Å². The summed E-state index contributed by atoms with van der Waals surface area (Å²) >= 11 is 0. The van der Waals surface area contributed by atoms with Gasteiger partial charge in [0.25, 0.3) is 0 Å². The SMILES string of the molecule is C=CCCCOC(=O)[C@@H]1[C@H]2C(=O)N(CCCCCO)C(C(=O)N(CC=C)C3CCCCC3)C23CC[C@H]1O3. The van der Waals surface area contributed by atoms with Crippen LogP contribution in [-0.4, -0.2) is 82.8 Å². The molecule has 2 amide bonds. The number of nitrogens with zero attached hydrogens (tertiary/aromatic N) is 2. The highest BCUT2D eigenvalue weighted by molar-refractivity contribution is 5.98. The lowest BCUT2D eigenvalue weighted by molar-refractivity contribution is -0.155. The maximum atomic E-state index is 14.4. The molecule has 0 aromatic heterocycles. The van der Waals surface area contributed by atoms with Crippen molar-refractivity contribution in [3.8, 4) is 0 Å². The normalized spacial score (nSPS) is 30.8. The number of aliphatic hydroxyl groups is 1. The fourth-order valence-electron chi connectivity index (χ4n) is 7.12. The van der Waals surface area contributed by atoms with Gasteiger partial charge in [-0.1, -0.05) is 31.4 Å². The Labute approximate surface area is 221 Å². The predicted molar refractivity (Wildman–Crippen MR) is 139 cm³/mol. The largest absolute Gasteiger partial charge is 0.465 e. The first kappa shape index (κ1) is 27.8. The van der Waals surface area contributed by atoms with Gasteiger partial charge in [-0.15, -0.1) is 13.2 Å². The van der Waals surface area contributed by atoms with Crippen LogP contribution in [0.4, 0.5) is 0 Å². The first-order valence-electron chi connectivity index (χ1n) is 14.3. The summed E-state index contributed by atoms with van der Waals surface area (Å²) in [5, 5.41) is 9.22. The minimum absolute atomic E-state index is 0.0783. The van der Waals surface area contributed by atoms with Gasteiger partial charge in [0.1, 0.15) is 11.6 Å². The maximum absolute atomic E-state index is 14.4. The number of aliphatic hydroxyl groups excluding tert-OH is 1. The third-order valence-electron chi connectivity index (χ3n) is 8.78. The molecule has 2 unspecified atom stereocenters. The van der Waals surface area contributed by atoms with Gasteiger partial charge in [0, 0.05) is 25.7 Å². The summed E-state index contributed by atoms with van der Waals surface area (Å²) in [5.41, 5.74) is -0.991. The van der Waals surface area contributed by atoms with Gasteiger partial charge >= 0.3 is 5.97 Å². The zero-order valence-electron chi connectivity index (χ0n) is 22.2. The monoisotopic (exact) mass is 516 g/mol. The topological polar surface area (TPSA) is 96.4 Å². The Morgan fingerprint density at radius 2 is 1.89 bits per heavy atom. The van der Waals surface area contributed by atoms with Crippen LogP contribution in [-0.2, 0) is 23.9 Å². The molecule has 0 aromatic rings. The minimum atomic E-state index is -0.991. The molecule has 206 valence electrons. The molecular weight excluding hydrogens is 472 g/mol. The number of likely N-dealkylation sites (tertiary alicyclic amines) is 1. The third kappa shape index (κ3) is 5.37. The molecule has 3 saturated heterocycles. The van der Waals surface area contributed by atoms with Gasteiger partial charge in [-0.25, -0.2) is 0 Å². The molecule has 8 heteroatoms. The van der Waals surface area contributed by atoms with E-state index in [4.69, 9.17) is 9.47 Å². The van der Waals surface area contributed by atoms with E-state index in [0.717, 1.165) is 38.5 Å². The van der Waals surface area contributed by atoms with E-state index in [1.54, 1.807) is 17.1 Å². The van der Waals surface area contributed by atoms with Gasteiger partial charge < -0.3 is 24.4 Å². The first-order chi connectivity index (χ1) is 18.0. The number of carbonyl (C=O) groups excluding carboxylic acids is 3. The Balaban J connectivity index is 1.61. The molecule has 0 radical (unpaired) electrons. The second-order valence-corrected chi connectivity index (χ2v) is 11.0. The molecule has 4 fully saturated rings. The maximum Gasteiger partial charge on any atom is 0.312 e. The first-order valence-corrected chi connectivity index (χ1v) is 14.3. The highest BCUT2D eigenvalue weighted by Crippen LogP contribution is 2.59. The van der Waals surface area contributed by atoms with Crippen molar-refractivity contribution in [2.75, 3.05) is 26.3 Å². The van der Waals surface area contributed by atoms with Crippen LogP contribution >= 0.6 is 0 Å². The number of carbonyl (C=O) groups is 3. The highest BCUT2D eigenvalue weighted by atomic mass is 16.6. The Morgan fingerprint density at radius 3 is 2.59 bits per heavy atom. The number of unbranched alkanes of at least 4 members (excludes halogenated alkanes) is 3. The summed E-state index contributed by atoms with van der Waals surface area (Å²) in [7, 11) is 0. The summed E-state index contributed by atoms with van der Waals surface area (Å²) in [6, 6.07) is -0.616. The third-order valence-corrected chi connectivity index (χ3v) is 8.78. The molecule has 8 nitrogen and oxygen atoms in total. The summed E-state index contributed by atoms with van der Waals surface area (Å²) in [6.45, 7) is 8.83. The van der Waals surface area contributed by atoms with E-state index >= 15 is 0 Å². The van der Waals surface area contributed by atoms with Crippen molar-refractivity contribution < 1.29 is 29.0 Å². The summed E-state index contributed by atoms with van der Waals surface area (Å²) in [5.74, 6) is -2.00. The van der Waals surface area contributed by atoms with Gasteiger partial charge in [0.05, 0.1) is 24.5 Å². The van der Waals surface area contributed by atoms with Crippen molar-refractivity contribution in [2.45, 2.75) is 101 Å². The Morgan fingerprint density at radius 1 is 1.11 bits per heavy atom. The second-order valence-electron chi connectivity index (χ2n) is 11.0. The van der Waals surface area contributed by atoms with Crippen LogP contribution in [0.15, 0.2) is 25.3 Å². The molecule has 4 rings (SSSR count). The number of esters is 1. The van der Waals surface area contributed by atoms with Crippen LogP contribution in [0.1, 0.15) is 77.0 Å². The zero-order chi connectivity index (χ0) is 26.4. The Bertz CT molecular complexity index is 855. The van der Waals surface area contributed by atoms with Crippen LogP contribution in [0.5, 0.6) is 0 Å². The van der Waals surface area contributed by atoms with E-state index in [2.05, 4.69) is 13.2 Å². The highest BCUT2D eigenvalue weighted by Gasteiger charge is 2.75. The quantitative estimate of drug-likeness (QED) is 0.216. The van der Waals surface area contributed by atoms with E-state index in [1.165, 1.54) is 6.42 Å². The summed E-state index contributed by atoms with van der Waals surface area (Å²) in [6.07, 6.45) is 13.2. The molecule has 1 aliphatic carbocycles. The lowest BCUT2D eigenvalue weighted by Gasteiger charge is -2.40. The standard InChI is InChI=1S/C29H44N2O6/c1-3-5-12-20-36-28(35)23-22-15-16-29(37-22)24(23)26(33)31(18-10-7-11-19-32)25(29)27(34)30(17-4-2)21-13-8-6-9-14-21/h3-4,21-25,32H,1-2,5-20H2/t22-,23+,24+,25?,29?/m1/s1. The molecule has 1 N–H and O–H groups in total. The van der Waals surface area contributed by atoms with Gasteiger partial charge in [-0.05, 0) is 57.8 Å². The van der Waals surface area contributed by atoms with E-state index in [0.29, 0.717) is 45.2 Å². The molecule has 1 saturated carbocycles. The minimum Gasteiger partial charge on any atom is -0.465 e. The molecule has 0 aromatic carbocycles. The Hall–Kier alpha value is -2.19. The molecule has 37 heavy (non-hydrogen) atoms. The van der Waals surface area contributed by atoms with Crippen molar-refractivity contribution in [3.05, 3.63) is 25.3 Å². The van der Waals surface area contributed by atoms with E-state index in [-0.39, 0.29) is 31.1 Å². The van der Waals surface area contributed by atoms with E-state index in [1.807, 2.05) is 4.90 Å². The van der Waals surface area contributed by atoms with Gasteiger partial charge in [0.15, 0.2) is 0 Å². The van der Waals surface area contributed by atoms with Gasteiger partial charge in [0.2, 0.25) is 11.8 Å². The molecule has 3 heterocycles. The molecule has 4 aliphatic rings. The molecular formula is C29H44N2O6. The van der Waals surface area contributed by atoms with Crippen LogP contribution in [0.25, 0.3) is 0 Å². The van der Waals surface area contributed by atoms with Crippen molar-refractivity contribution in [1.29, 1.82) is 0 Å². The number of rotatable bonds is 14. The van der Waals surface area contributed by atoms with Crippen LogP contribution in [0.3, 0.4) is 0 Å². The number of fused-ring (bicyclic) bond motifs is 1. The summed E-state index contributed by atoms with van der Waals surface area (Å²) < 4.78 is 12.1. The lowest BCUT2D eigenvalue weighted by atomic mass is 9.70.